The molecule has 2 saturated heterocycles. The summed E-state index contributed by atoms with van der Waals surface area (Å²) in [4.78, 5) is 8.16. The fourth-order valence-electron chi connectivity index (χ4n) is 3.42. The van der Waals surface area contributed by atoms with Crippen LogP contribution in [-0.2, 0) is 4.74 Å². The van der Waals surface area contributed by atoms with E-state index in [2.05, 4.69) is 15.2 Å². The number of likely N-dealkylation sites (tertiary alicyclic amines) is 1. The minimum atomic E-state index is -4.14. The minimum Gasteiger partial charge on any atom is -0.381 e. The van der Waals surface area contributed by atoms with Crippen LogP contribution in [0.2, 0.25) is 0 Å². The molecular formula is C16H30F3IN4O. The Labute approximate surface area is 165 Å². The fourth-order valence-corrected chi connectivity index (χ4v) is 3.42. The number of rotatable bonds is 6. The second-order valence-corrected chi connectivity index (χ2v) is 6.92. The zero-order chi connectivity index (χ0) is 17.6. The Kier molecular flexibility index (Phi) is 9.24. The Morgan fingerprint density at radius 3 is 2.72 bits per heavy atom. The van der Waals surface area contributed by atoms with Gasteiger partial charge in [-0.1, -0.05) is 0 Å². The maximum absolute atomic E-state index is 12.3. The number of alkyl halides is 3. The van der Waals surface area contributed by atoms with Gasteiger partial charge >= 0.3 is 6.18 Å². The van der Waals surface area contributed by atoms with Crippen molar-refractivity contribution in [2.75, 3.05) is 59.5 Å². The molecule has 0 aromatic carbocycles. The van der Waals surface area contributed by atoms with Crippen molar-refractivity contribution >= 4 is 29.9 Å². The van der Waals surface area contributed by atoms with Crippen LogP contribution in [0.3, 0.4) is 0 Å². The van der Waals surface area contributed by atoms with Crippen molar-refractivity contribution in [1.82, 2.24) is 15.1 Å². The summed E-state index contributed by atoms with van der Waals surface area (Å²) in [6.07, 6.45) is -1.30. The maximum atomic E-state index is 12.3. The molecule has 0 amide bonds. The van der Waals surface area contributed by atoms with Gasteiger partial charge in [0.2, 0.25) is 0 Å². The summed E-state index contributed by atoms with van der Waals surface area (Å²) >= 11 is 0. The minimum absolute atomic E-state index is 0. The largest absolute Gasteiger partial charge is 0.401 e. The first-order valence-electron chi connectivity index (χ1n) is 8.70. The van der Waals surface area contributed by atoms with Crippen molar-refractivity contribution in [1.29, 1.82) is 0 Å². The monoisotopic (exact) mass is 478 g/mol. The van der Waals surface area contributed by atoms with Crippen molar-refractivity contribution in [3.8, 4) is 0 Å². The van der Waals surface area contributed by atoms with E-state index in [0.717, 1.165) is 51.6 Å². The molecule has 0 radical (unpaired) electrons. The predicted octanol–water partition coefficient (Wildman–Crippen LogP) is 2.57. The maximum Gasteiger partial charge on any atom is 0.401 e. The van der Waals surface area contributed by atoms with Crippen LogP contribution in [-0.4, -0.2) is 81.5 Å². The molecule has 0 aromatic rings. The van der Waals surface area contributed by atoms with Gasteiger partial charge < -0.3 is 15.0 Å². The van der Waals surface area contributed by atoms with Gasteiger partial charge in [-0.2, -0.15) is 13.2 Å². The van der Waals surface area contributed by atoms with Crippen LogP contribution in [0.15, 0.2) is 4.99 Å². The quantitative estimate of drug-likeness (QED) is 0.276. The average molecular weight is 478 g/mol. The molecule has 2 aliphatic heterocycles. The summed E-state index contributed by atoms with van der Waals surface area (Å²) in [6.45, 7) is 6.44. The van der Waals surface area contributed by atoms with E-state index in [4.69, 9.17) is 4.74 Å². The molecule has 1 atom stereocenters. The van der Waals surface area contributed by atoms with E-state index in [1.807, 2.05) is 6.92 Å². The number of nitrogens with zero attached hydrogens (tertiary/aromatic N) is 3. The number of nitrogens with one attached hydrogen (secondary N) is 1. The number of hydrogen-bond acceptors (Lipinski definition) is 3. The second kappa shape index (κ2) is 10.1. The Hall–Kier alpha value is -0.290. The van der Waals surface area contributed by atoms with Crippen LogP contribution >= 0.6 is 24.0 Å². The van der Waals surface area contributed by atoms with Gasteiger partial charge in [0.25, 0.3) is 0 Å². The molecule has 2 fully saturated rings. The first-order valence-corrected chi connectivity index (χ1v) is 8.70. The standard InChI is InChI=1S/C16H29F3N4O.HI/c1-3-20-14(21-7-4-8-22(2)12-16(17,18)19)23-9-5-15(11-23)6-10-24-13-15;/h3-13H2,1-2H3,(H,20,21);1H. The fraction of sp³-hybridized carbons (Fsp3) is 0.938. The number of halogens is 4. The highest BCUT2D eigenvalue weighted by Crippen LogP contribution is 2.38. The number of guanidine groups is 1. The normalized spacial score (nSPS) is 24.2. The number of ether oxygens (including phenoxy) is 1. The molecule has 0 aliphatic carbocycles. The molecule has 1 spiro atoms. The lowest BCUT2D eigenvalue weighted by atomic mass is 9.87. The highest BCUT2D eigenvalue weighted by atomic mass is 127. The molecule has 1 N–H and O–H groups in total. The molecule has 0 saturated carbocycles. The molecule has 9 heteroatoms. The molecule has 0 bridgehead atoms. The van der Waals surface area contributed by atoms with Gasteiger partial charge in [0.1, 0.15) is 0 Å². The summed E-state index contributed by atoms with van der Waals surface area (Å²) < 4.78 is 42.4. The highest BCUT2D eigenvalue weighted by Gasteiger charge is 2.42. The molecule has 2 aliphatic rings. The lowest BCUT2D eigenvalue weighted by Gasteiger charge is -2.25. The third kappa shape index (κ3) is 7.46. The van der Waals surface area contributed by atoms with Crippen molar-refractivity contribution in [2.45, 2.75) is 32.4 Å². The van der Waals surface area contributed by atoms with Gasteiger partial charge in [0, 0.05) is 38.2 Å². The van der Waals surface area contributed by atoms with Gasteiger partial charge in [0.15, 0.2) is 5.96 Å². The Balaban J connectivity index is 0.00000312. The summed E-state index contributed by atoms with van der Waals surface area (Å²) in [7, 11) is 1.49. The van der Waals surface area contributed by atoms with Crippen LogP contribution in [0.1, 0.15) is 26.2 Å². The van der Waals surface area contributed by atoms with Crippen LogP contribution < -0.4 is 5.32 Å². The average Bonchev–Trinajstić information content (AvgIpc) is 3.11. The van der Waals surface area contributed by atoms with E-state index in [9.17, 15) is 13.2 Å². The van der Waals surface area contributed by atoms with Gasteiger partial charge in [-0.3, -0.25) is 9.89 Å². The number of hydrogen-bond donors (Lipinski definition) is 1. The Morgan fingerprint density at radius 2 is 2.12 bits per heavy atom. The van der Waals surface area contributed by atoms with E-state index < -0.39 is 12.7 Å². The SMILES string of the molecule is CCNC(=NCCCN(C)CC(F)(F)F)N1CCC2(CCOC2)C1.I. The van der Waals surface area contributed by atoms with Crippen LogP contribution in [0.5, 0.6) is 0 Å². The Bertz CT molecular complexity index is 428. The van der Waals surface area contributed by atoms with Crippen molar-refractivity contribution in [2.24, 2.45) is 10.4 Å². The van der Waals surface area contributed by atoms with E-state index in [1.54, 1.807) is 0 Å². The van der Waals surface area contributed by atoms with Gasteiger partial charge in [-0.15, -0.1) is 24.0 Å². The van der Waals surface area contributed by atoms with E-state index >= 15 is 0 Å². The predicted molar refractivity (Wildman–Crippen MR) is 104 cm³/mol. The van der Waals surface area contributed by atoms with Crippen molar-refractivity contribution in [3.63, 3.8) is 0 Å². The van der Waals surface area contributed by atoms with Gasteiger partial charge in [-0.05, 0) is 39.8 Å². The Morgan fingerprint density at radius 1 is 1.36 bits per heavy atom. The first-order chi connectivity index (χ1) is 11.3. The van der Waals surface area contributed by atoms with Crippen LogP contribution in [0, 0.1) is 5.41 Å². The van der Waals surface area contributed by atoms with Gasteiger partial charge in [0.05, 0.1) is 13.2 Å². The first kappa shape index (κ1) is 22.8. The second-order valence-electron chi connectivity index (χ2n) is 6.92. The zero-order valence-electron chi connectivity index (χ0n) is 15.1. The van der Waals surface area contributed by atoms with Gasteiger partial charge in [-0.25, -0.2) is 0 Å². The molecule has 25 heavy (non-hydrogen) atoms. The summed E-state index contributed by atoms with van der Waals surface area (Å²) in [6, 6.07) is 0. The molecule has 2 rings (SSSR count). The van der Waals surface area contributed by atoms with E-state index in [-0.39, 0.29) is 29.4 Å². The zero-order valence-corrected chi connectivity index (χ0v) is 17.4. The third-order valence-electron chi connectivity index (χ3n) is 4.67. The lowest BCUT2D eigenvalue weighted by molar-refractivity contribution is -0.143. The van der Waals surface area contributed by atoms with Crippen molar-refractivity contribution in [3.05, 3.63) is 0 Å². The molecule has 2 heterocycles. The highest BCUT2D eigenvalue weighted by molar-refractivity contribution is 14.0. The third-order valence-corrected chi connectivity index (χ3v) is 4.67. The summed E-state index contributed by atoms with van der Waals surface area (Å²) in [5.41, 5.74) is 0.267. The summed E-state index contributed by atoms with van der Waals surface area (Å²) in [5.74, 6) is 0.875. The number of aliphatic imine (C=N–C) groups is 1. The molecule has 1 unspecified atom stereocenters. The molecular weight excluding hydrogens is 448 g/mol. The van der Waals surface area contributed by atoms with Crippen LogP contribution in [0.4, 0.5) is 13.2 Å². The smallest absolute Gasteiger partial charge is 0.381 e. The van der Waals surface area contributed by atoms with Crippen molar-refractivity contribution < 1.29 is 17.9 Å². The topological polar surface area (TPSA) is 40.1 Å². The molecule has 0 aromatic heterocycles. The lowest BCUT2D eigenvalue weighted by Crippen LogP contribution is -2.41. The molecule has 148 valence electrons. The van der Waals surface area contributed by atoms with E-state index in [0.29, 0.717) is 19.5 Å². The molecule has 5 nitrogen and oxygen atoms in total. The van der Waals surface area contributed by atoms with E-state index in [1.165, 1.54) is 11.9 Å². The summed E-state index contributed by atoms with van der Waals surface area (Å²) in [5, 5.41) is 3.30. The van der Waals surface area contributed by atoms with Crippen LogP contribution in [0.25, 0.3) is 0 Å².